The summed E-state index contributed by atoms with van der Waals surface area (Å²) in [5.74, 6) is -0.887. The third kappa shape index (κ3) is 2.88. The van der Waals surface area contributed by atoms with Crippen molar-refractivity contribution in [3.8, 4) is 11.8 Å². The van der Waals surface area contributed by atoms with Crippen molar-refractivity contribution in [1.29, 1.82) is 5.26 Å². The molecule has 0 fully saturated rings. The summed E-state index contributed by atoms with van der Waals surface area (Å²) >= 11 is 0. The van der Waals surface area contributed by atoms with Crippen molar-refractivity contribution < 1.29 is 19.1 Å². The number of carbonyl (C=O) groups is 2. The van der Waals surface area contributed by atoms with E-state index in [9.17, 15) is 9.59 Å². The average Bonchev–Trinajstić information content (AvgIpc) is 3.03. The minimum Gasteiger partial charge on any atom is -0.478 e. The van der Waals surface area contributed by atoms with Crippen LogP contribution in [-0.4, -0.2) is 25.5 Å². The Kier molecular flexibility index (Phi) is 4.65. The Bertz CT molecular complexity index is 1140. The van der Waals surface area contributed by atoms with Gasteiger partial charge in [-0.15, -0.1) is 0 Å². The largest absolute Gasteiger partial charge is 0.478 e. The Morgan fingerprint density at radius 1 is 1.14 bits per heavy atom. The zero-order chi connectivity index (χ0) is 20.5. The van der Waals surface area contributed by atoms with Crippen LogP contribution >= 0.6 is 0 Å². The van der Waals surface area contributed by atoms with Gasteiger partial charge in [0.1, 0.15) is 11.8 Å². The highest BCUT2D eigenvalue weighted by molar-refractivity contribution is 6.23. The molecule has 0 saturated heterocycles. The van der Waals surface area contributed by atoms with Crippen molar-refractivity contribution >= 4 is 17.4 Å². The number of para-hydroxylation sites is 1. The molecule has 2 aliphatic rings. The Morgan fingerprint density at radius 2 is 1.83 bits per heavy atom. The number of fused-ring (bicyclic) bond motifs is 2. The Balaban J connectivity index is 1.95. The van der Waals surface area contributed by atoms with Crippen LogP contribution in [0, 0.1) is 11.3 Å². The molecule has 4 rings (SSSR count). The molecule has 1 aliphatic carbocycles. The summed E-state index contributed by atoms with van der Waals surface area (Å²) in [7, 11) is 1.31. The van der Waals surface area contributed by atoms with Crippen LogP contribution in [0.1, 0.15) is 34.3 Å². The molecule has 2 aromatic carbocycles. The summed E-state index contributed by atoms with van der Waals surface area (Å²) in [5.41, 5.74) is 4.15. The number of methoxy groups -OCH3 is 1. The molecule has 0 aromatic heterocycles. The fourth-order valence-electron chi connectivity index (χ4n) is 3.98. The van der Waals surface area contributed by atoms with Crippen LogP contribution in [-0.2, 0) is 9.53 Å². The summed E-state index contributed by atoms with van der Waals surface area (Å²) in [6.07, 6.45) is 0. The molecular formula is C23H18N2O4. The number of ether oxygens (including phenoxy) is 2. The molecule has 0 radical (unpaired) electrons. The first-order valence-corrected chi connectivity index (χ1v) is 9.11. The second-order valence-electron chi connectivity index (χ2n) is 6.74. The van der Waals surface area contributed by atoms with E-state index >= 15 is 0 Å². The van der Waals surface area contributed by atoms with Gasteiger partial charge in [0.2, 0.25) is 0 Å². The molecule has 0 saturated carbocycles. The predicted molar refractivity (Wildman–Crippen MR) is 106 cm³/mol. The van der Waals surface area contributed by atoms with Gasteiger partial charge < -0.3 is 14.8 Å². The third-order valence-corrected chi connectivity index (χ3v) is 5.18. The number of Topliss-reactive ketones (excluding diaryl/α,β-unsaturated/α-hetero) is 1. The third-order valence-electron chi connectivity index (χ3n) is 5.18. The van der Waals surface area contributed by atoms with Gasteiger partial charge in [-0.25, -0.2) is 4.79 Å². The maximum atomic E-state index is 13.3. The zero-order valence-electron chi connectivity index (χ0n) is 16.0. The molecule has 2 aromatic rings. The number of benzene rings is 2. The van der Waals surface area contributed by atoms with Crippen molar-refractivity contribution in [1.82, 2.24) is 5.32 Å². The number of nitrogens with one attached hydrogen (secondary N) is 1. The number of esters is 1. The fraction of sp³-hybridized carbons (Fsp3) is 0.174. The van der Waals surface area contributed by atoms with E-state index in [1.165, 1.54) is 7.11 Å². The monoisotopic (exact) mass is 386 g/mol. The Hall–Kier alpha value is -3.85. The van der Waals surface area contributed by atoms with Crippen molar-refractivity contribution in [3.05, 3.63) is 82.1 Å². The number of carbonyl (C=O) groups excluding carboxylic acids is 2. The van der Waals surface area contributed by atoms with Crippen molar-refractivity contribution in [2.24, 2.45) is 0 Å². The van der Waals surface area contributed by atoms with Gasteiger partial charge >= 0.3 is 5.97 Å². The molecule has 0 bridgehead atoms. The van der Waals surface area contributed by atoms with Gasteiger partial charge in [-0.3, -0.25) is 4.79 Å². The van der Waals surface area contributed by atoms with Crippen LogP contribution in [0.3, 0.4) is 0 Å². The molecule has 1 heterocycles. The van der Waals surface area contributed by atoms with Crippen LogP contribution < -0.4 is 10.1 Å². The van der Waals surface area contributed by atoms with Crippen LogP contribution in [0.2, 0.25) is 0 Å². The number of allylic oxidation sites excluding steroid dienone is 2. The lowest BCUT2D eigenvalue weighted by Gasteiger charge is -2.29. The molecule has 6 heteroatoms. The van der Waals surface area contributed by atoms with E-state index in [1.807, 2.05) is 30.3 Å². The van der Waals surface area contributed by atoms with Crippen LogP contribution in [0.25, 0.3) is 5.70 Å². The Labute approximate surface area is 168 Å². The van der Waals surface area contributed by atoms with E-state index in [4.69, 9.17) is 14.7 Å². The van der Waals surface area contributed by atoms with Gasteiger partial charge in [-0.2, -0.15) is 5.26 Å². The summed E-state index contributed by atoms with van der Waals surface area (Å²) in [4.78, 5) is 26.0. The molecule has 0 unspecified atom stereocenters. The molecule has 144 valence electrons. The first kappa shape index (κ1) is 18.5. The quantitative estimate of drug-likeness (QED) is 0.811. The smallest absolute Gasteiger partial charge is 0.336 e. The van der Waals surface area contributed by atoms with Crippen LogP contribution in [0.4, 0.5) is 0 Å². The van der Waals surface area contributed by atoms with Gasteiger partial charge in [0.15, 0.2) is 12.4 Å². The normalized spacial score (nSPS) is 17.3. The molecule has 1 aliphatic heterocycles. The number of hydrogen-bond donors (Lipinski definition) is 1. The summed E-state index contributed by atoms with van der Waals surface area (Å²) in [6.45, 7) is 1.64. The van der Waals surface area contributed by atoms with Crippen LogP contribution in [0.15, 0.2) is 65.4 Å². The first-order valence-electron chi connectivity index (χ1n) is 9.11. The molecule has 1 N–H and O–H groups in total. The van der Waals surface area contributed by atoms with Gasteiger partial charge in [-0.05, 0) is 13.0 Å². The van der Waals surface area contributed by atoms with E-state index in [1.54, 1.807) is 31.2 Å². The summed E-state index contributed by atoms with van der Waals surface area (Å²) < 4.78 is 10.6. The Morgan fingerprint density at radius 3 is 2.55 bits per heavy atom. The van der Waals surface area contributed by atoms with Gasteiger partial charge in [-0.1, -0.05) is 42.5 Å². The second-order valence-corrected chi connectivity index (χ2v) is 6.74. The number of ketones is 1. The minimum atomic E-state index is -0.673. The molecule has 29 heavy (non-hydrogen) atoms. The minimum absolute atomic E-state index is 0.141. The topological polar surface area (TPSA) is 88.4 Å². The van der Waals surface area contributed by atoms with Crippen molar-refractivity contribution in [3.63, 3.8) is 0 Å². The molecule has 0 spiro atoms. The summed E-state index contributed by atoms with van der Waals surface area (Å²) in [6, 6.07) is 16.4. The highest BCUT2D eigenvalue weighted by atomic mass is 16.5. The van der Waals surface area contributed by atoms with E-state index in [0.717, 1.165) is 5.56 Å². The average molecular weight is 386 g/mol. The number of nitriles is 1. The zero-order valence-corrected chi connectivity index (χ0v) is 16.0. The lowest BCUT2D eigenvalue weighted by molar-refractivity contribution is -0.136. The number of nitrogens with zero attached hydrogens (tertiary/aromatic N) is 1. The number of rotatable bonds is 4. The van der Waals surface area contributed by atoms with Gasteiger partial charge in [0.25, 0.3) is 0 Å². The maximum absolute atomic E-state index is 13.3. The molecule has 0 amide bonds. The molecule has 1 atom stereocenters. The predicted octanol–water partition coefficient (Wildman–Crippen LogP) is 3.33. The first-order chi connectivity index (χ1) is 14.1. The number of hydrogen-bond acceptors (Lipinski definition) is 6. The van der Waals surface area contributed by atoms with Gasteiger partial charge in [0, 0.05) is 28.0 Å². The van der Waals surface area contributed by atoms with Crippen LogP contribution in [0.5, 0.6) is 5.75 Å². The molecule has 6 nitrogen and oxygen atoms in total. The van der Waals surface area contributed by atoms with Crippen molar-refractivity contribution in [2.75, 3.05) is 13.7 Å². The standard InChI is InChI=1S/C23H18N2O4/c1-13-18(23(27)28-2)19(16-9-5-6-10-17(16)29-12-11-24)20-21(25-13)14-7-3-4-8-15(14)22(20)26/h3-10,19,25H,12H2,1-2H3/t19-/m1/s1. The fourth-order valence-corrected chi connectivity index (χ4v) is 3.98. The highest BCUT2D eigenvalue weighted by Gasteiger charge is 2.43. The van der Waals surface area contributed by atoms with E-state index in [2.05, 4.69) is 5.32 Å². The second kappa shape index (κ2) is 7.28. The van der Waals surface area contributed by atoms with E-state index in [-0.39, 0.29) is 12.4 Å². The SMILES string of the molecule is COC(=O)C1=C(C)NC2=C(C(=O)c3ccccc32)[C@@H]1c1ccccc1OCC#N. The van der Waals surface area contributed by atoms with E-state index < -0.39 is 11.9 Å². The summed E-state index contributed by atoms with van der Waals surface area (Å²) in [5, 5.41) is 12.2. The van der Waals surface area contributed by atoms with E-state index in [0.29, 0.717) is 39.4 Å². The molecular weight excluding hydrogens is 368 g/mol. The lowest BCUT2D eigenvalue weighted by atomic mass is 9.79. The van der Waals surface area contributed by atoms with Crippen molar-refractivity contribution in [2.45, 2.75) is 12.8 Å². The number of dihydropyridines is 1. The maximum Gasteiger partial charge on any atom is 0.336 e. The lowest BCUT2D eigenvalue weighted by Crippen LogP contribution is -2.29. The van der Waals surface area contributed by atoms with Gasteiger partial charge in [0.05, 0.1) is 24.3 Å². The highest BCUT2D eigenvalue weighted by Crippen LogP contribution is 2.48.